The standard InChI is InChI=1S/C10H9ClN2OS/c1-5-2-3-6(4-7(5)11)8-9(14)13-10(15)12-8/h2-4,8H,1H3,(H2,12,13,14,15). The van der Waals surface area contributed by atoms with Crippen LogP contribution in [-0.4, -0.2) is 11.0 Å². The minimum atomic E-state index is -0.421. The lowest BCUT2D eigenvalue weighted by atomic mass is 10.1. The molecule has 78 valence electrons. The van der Waals surface area contributed by atoms with Crippen LogP contribution in [0.2, 0.25) is 5.02 Å². The summed E-state index contributed by atoms with van der Waals surface area (Å²) in [5.41, 5.74) is 1.81. The second kappa shape index (κ2) is 3.79. The van der Waals surface area contributed by atoms with Gasteiger partial charge in [-0.15, -0.1) is 0 Å². The predicted molar refractivity (Wildman–Crippen MR) is 62.8 cm³/mol. The largest absolute Gasteiger partial charge is 0.347 e. The molecular weight excluding hydrogens is 232 g/mol. The van der Waals surface area contributed by atoms with Gasteiger partial charge in [-0.05, 0) is 36.3 Å². The van der Waals surface area contributed by atoms with E-state index in [2.05, 4.69) is 10.6 Å². The SMILES string of the molecule is Cc1ccc(C2NC(=S)NC2=O)cc1Cl. The normalized spacial score (nSPS) is 20.0. The quantitative estimate of drug-likeness (QED) is 0.734. The van der Waals surface area contributed by atoms with E-state index in [9.17, 15) is 4.79 Å². The van der Waals surface area contributed by atoms with Gasteiger partial charge in [0.1, 0.15) is 6.04 Å². The lowest BCUT2D eigenvalue weighted by Crippen LogP contribution is -2.21. The van der Waals surface area contributed by atoms with Crippen molar-refractivity contribution >= 4 is 34.8 Å². The molecule has 0 spiro atoms. The fourth-order valence-electron chi connectivity index (χ4n) is 1.44. The molecule has 1 fully saturated rings. The lowest BCUT2D eigenvalue weighted by molar-refractivity contribution is -0.120. The summed E-state index contributed by atoms with van der Waals surface area (Å²) in [6, 6.07) is 5.11. The minimum absolute atomic E-state index is 0.139. The topological polar surface area (TPSA) is 41.1 Å². The van der Waals surface area contributed by atoms with Gasteiger partial charge in [-0.1, -0.05) is 23.7 Å². The molecule has 1 unspecified atom stereocenters. The highest BCUT2D eigenvalue weighted by atomic mass is 35.5. The Bertz CT molecular complexity index is 447. The molecule has 1 aromatic carbocycles. The number of aryl methyl sites for hydroxylation is 1. The van der Waals surface area contributed by atoms with Crippen LogP contribution in [0.3, 0.4) is 0 Å². The van der Waals surface area contributed by atoms with Gasteiger partial charge in [0.05, 0.1) is 0 Å². The van der Waals surface area contributed by atoms with Crippen molar-refractivity contribution in [2.24, 2.45) is 0 Å². The molecule has 0 bridgehead atoms. The number of nitrogens with one attached hydrogen (secondary N) is 2. The van der Waals surface area contributed by atoms with Crippen LogP contribution in [-0.2, 0) is 4.79 Å². The maximum Gasteiger partial charge on any atom is 0.253 e. The van der Waals surface area contributed by atoms with E-state index < -0.39 is 6.04 Å². The first kappa shape index (κ1) is 10.4. The Morgan fingerprint density at radius 2 is 2.20 bits per heavy atom. The second-order valence-electron chi connectivity index (χ2n) is 3.40. The van der Waals surface area contributed by atoms with E-state index in [1.807, 2.05) is 19.1 Å². The summed E-state index contributed by atoms with van der Waals surface area (Å²) in [5.74, 6) is -0.139. The van der Waals surface area contributed by atoms with Crippen LogP contribution in [0.15, 0.2) is 18.2 Å². The molecule has 5 heteroatoms. The van der Waals surface area contributed by atoms with Crippen molar-refractivity contribution in [1.82, 2.24) is 10.6 Å². The third-order valence-electron chi connectivity index (χ3n) is 2.30. The van der Waals surface area contributed by atoms with Gasteiger partial charge in [0.15, 0.2) is 5.11 Å². The van der Waals surface area contributed by atoms with Crippen molar-refractivity contribution in [3.63, 3.8) is 0 Å². The molecule has 0 aromatic heterocycles. The fourth-order valence-corrected chi connectivity index (χ4v) is 1.85. The summed E-state index contributed by atoms with van der Waals surface area (Å²) in [7, 11) is 0. The number of halogens is 1. The van der Waals surface area contributed by atoms with E-state index in [0.29, 0.717) is 10.1 Å². The molecule has 3 nitrogen and oxygen atoms in total. The van der Waals surface area contributed by atoms with Crippen LogP contribution in [0, 0.1) is 6.92 Å². The average molecular weight is 241 g/mol. The van der Waals surface area contributed by atoms with Crippen molar-refractivity contribution in [3.05, 3.63) is 34.3 Å². The fraction of sp³-hybridized carbons (Fsp3) is 0.200. The van der Waals surface area contributed by atoms with Crippen LogP contribution >= 0.6 is 23.8 Å². The molecular formula is C10H9ClN2OS. The highest BCUT2D eigenvalue weighted by Crippen LogP contribution is 2.23. The van der Waals surface area contributed by atoms with Crippen LogP contribution in [0.5, 0.6) is 0 Å². The molecule has 15 heavy (non-hydrogen) atoms. The van der Waals surface area contributed by atoms with E-state index >= 15 is 0 Å². The summed E-state index contributed by atoms with van der Waals surface area (Å²) in [4.78, 5) is 11.5. The van der Waals surface area contributed by atoms with Gasteiger partial charge >= 0.3 is 0 Å². The number of hydrogen-bond acceptors (Lipinski definition) is 2. The van der Waals surface area contributed by atoms with Crippen molar-refractivity contribution in [2.75, 3.05) is 0 Å². The molecule has 1 atom stereocenters. The third-order valence-corrected chi connectivity index (χ3v) is 2.93. The average Bonchev–Trinajstić information content (AvgIpc) is 2.50. The van der Waals surface area contributed by atoms with Gasteiger partial charge in [-0.2, -0.15) is 0 Å². The monoisotopic (exact) mass is 240 g/mol. The lowest BCUT2D eigenvalue weighted by Gasteiger charge is -2.09. The molecule has 0 saturated carbocycles. The molecule has 0 radical (unpaired) electrons. The number of carbonyl (C=O) groups is 1. The molecule has 1 heterocycles. The molecule has 0 aliphatic carbocycles. The number of carbonyl (C=O) groups excluding carboxylic acids is 1. The van der Waals surface area contributed by atoms with Crippen molar-refractivity contribution in [1.29, 1.82) is 0 Å². The zero-order valence-electron chi connectivity index (χ0n) is 8.00. The summed E-state index contributed by atoms with van der Waals surface area (Å²) >= 11 is 10.8. The highest BCUT2D eigenvalue weighted by Gasteiger charge is 2.28. The van der Waals surface area contributed by atoms with Gasteiger partial charge in [0.2, 0.25) is 0 Å². The Morgan fingerprint density at radius 1 is 1.47 bits per heavy atom. The smallest absolute Gasteiger partial charge is 0.253 e. The van der Waals surface area contributed by atoms with Crippen molar-refractivity contribution in [2.45, 2.75) is 13.0 Å². The number of rotatable bonds is 1. The molecule has 1 amide bonds. The Morgan fingerprint density at radius 3 is 2.73 bits per heavy atom. The number of thiocarbonyl (C=S) groups is 1. The minimum Gasteiger partial charge on any atom is -0.347 e. The molecule has 2 rings (SSSR count). The van der Waals surface area contributed by atoms with E-state index in [4.69, 9.17) is 23.8 Å². The Hall–Kier alpha value is -1.13. The molecule has 1 saturated heterocycles. The first-order valence-electron chi connectivity index (χ1n) is 4.45. The first-order valence-corrected chi connectivity index (χ1v) is 5.24. The zero-order chi connectivity index (χ0) is 11.0. The van der Waals surface area contributed by atoms with E-state index in [-0.39, 0.29) is 5.91 Å². The Kier molecular flexibility index (Phi) is 2.63. The number of amides is 1. The molecule has 2 N–H and O–H groups in total. The van der Waals surface area contributed by atoms with E-state index in [1.54, 1.807) is 6.07 Å². The predicted octanol–water partition coefficient (Wildman–Crippen LogP) is 1.69. The first-order chi connectivity index (χ1) is 7.08. The van der Waals surface area contributed by atoms with Crippen molar-refractivity contribution in [3.8, 4) is 0 Å². The number of hydrogen-bond donors (Lipinski definition) is 2. The van der Waals surface area contributed by atoms with Crippen LogP contribution in [0.1, 0.15) is 17.2 Å². The van der Waals surface area contributed by atoms with E-state index in [0.717, 1.165) is 11.1 Å². The summed E-state index contributed by atoms with van der Waals surface area (Å²) < 4.78 is 0. The molecule has 1 aromatic rings. The van der Waals surface area contributed by atoms with Crippen LogP contribution in [0.4, 0.5) is 0 Å². The van der Waals surface area contributed by atoms with Crippen molar-refractivity contribution < 1.29 is 4.79 Å². The van der Waals surface area contributed by atoms with Gasteiger partial charge in [-0.25, -0.2) is 0 Å². The van der Waals surface area contributed by atoms with Gasteiger partial charge < -0.3 is 10.6 Å². The molecule has 1 aliphatic heterocycles. The number of benzene rings is 1. The zero-order valence-corrected chi connectivity index (χ0v) is 9.58. The molecule has 1 aliphatic rings. The van der Waals surface area contributed by atoms with E-state index in [1.165, 1.54) is 0 Å². The maximum atomic E-state index is 11.5. The summed E-state index contributed by atoms with van der Waals surface area (Å²) in [6.07, 6.45) is 0. The van der Waals surface area contributed by atoms with Gasteiger partial charge in [-0.3, -0.25) is 4.79 Å². The summed E-state index contributed by atoms with van der Waals surface area (Å²) in [5, 5.41) is 6.43. The Labute approximate surface area is 97.8 Å². The van der Waals surface area contributed by atoms with Crippen LogP contribution in [0.25, 0.3) is 0 Å². The van der Waals surface area contributed by atoms with Crippen LogP contribution < -0.4 is 10.6 Å². The summed E-state index contributed by atoms with van der Waals surface area (Å²) in [6.45, 7) is 1.92. The second-order valence-corrected chi connectivity index (χ2v) is 4.22. The third kappa shape index (κ3) is 1.96. The van der Waals surface area contributed by atoms with Gasteiger partial charge in [0.25, 0.3) is 5.91 Å². The van der Waals surface area contributed by atoms with Gasteiger partial charge in [0, 0.05) is 5.02 Å². The highest BCUT2D eigenvalue weighted by molar-refractivity contribution is 7.80. The Balaban J connectivity index is 2.34. The maximum absolute atomic E-state index is 11.5.